The van der Waals surface area contributed by atoms with Crippen molar-refractivity contribution >= 4 is 5.91 Å². The zero-order valence-electron chi connectivity index (χ0n) is 10.0. The summed E-state index contributed by atoms with van der Waals surface area (Å²) >= 11 is 0. The molecule has 0 bridgehead atoms. The molecule has 1 saturated carbocycles. The lowest BCUT2D eigenvalue weighted by Crippen LogP contribution is -2.54. The first-order chi connectivity index (χ1) is 6.99. The van der Waals surface area contributed by atoms with E-state index >= 15 is 0 Å². The predicted octanol–water partition coefficient (Wildman–Crippen LogP) is 0.324. The van der Waals surface area contributed by atoms with Crippen LogP contribution in [0.3, 0.4) is 0 Å². The van der Waals surface area contributed by atoms with Crippen LogP contribution in [0.25, 0.3) is 0 Å². The number of likely N-dealkylation sites (N-methyl/N-ethyl adjacent to an activating group) is 1. The Morgan fingerprint density at radius 3 is 2.60 bits per heavy atom. The third-order valence-electron chi connectivity index (χ3n) is 3.25. The van der Waals surface area contributed by atoms with Crippen LogP contribution in [-0.4, -0.2) is 42.5 Å². The van der Waals surface area contributed by atoms with Gasteiger partial charge in [0.15, 0.2) is 0 Å². The summed E-state index contributed by atoms with van der Waals surface area (Å²) < 4.78 is 0. The first-order valence-electron chi connectivity index (χ1n) is 5.75. The van der Waals surface area contributed by atoms with Crippen LogP contribution >= 0.6 is 0 Å². The van der Waals surface area contributed by atoms with Gasteiger partial charge in [-0.3, -0.25) is 4.79 Å². The summed E-state index contributed by atoms with van der Waals surface area (Å²) in [5.74, 6) is -0.256. The number of nitrogens with two attached hydrogens (primary N) is 1. The molecule has 0 aromatic heterocycles. The number of carbonyl (C=O) groups excluding carboxylic acids is 1. The van der Waals surface area contributed by atoms with Gasteiger partial charge in [0.1, 0.15) is 0 Å². The highest BCUT2D eigenvalue weighted by atomic mass is 16.1. The van der Waals surface area contributed by atoms with E-state index in [4.69, 9.17) is 5.73 Å². The Balaban J connectivity index is 2.39. The fourth-order valence-electron chi connectivity index (χ4n) is 1.79. The number of hydrogen-bond acceptors (Lipinski definition) is 3. The van der Waals surface area contributed by atoms with Crippen molar-refractivity contribution in [2.75, 3.05) is 20.1 Å². The van der Waals surface area contributed by atoms with Crippen LogP contribution in [-0.2, 0) is 4.79 Å². The van der Waals surface area contributed by atoms with Crippen LogP contribution in [0, 0.1) is 0 Å². The van der Waals surface area contributed by atoms with Crippen LogP contribution in [0.2, 0.25) is 0 Å². The SMILES string of the molecule is CCNC(C)(CCN(C)C1CC1)C(N)=O. The molecule has 4 heteroatoms. The Morgan fingerprint density at radius 2 is 2.20 bits per heavy atom. The van der Waals surface area contributed by atoms with E-state index in [0.717, 1.165) is 25.6 Å². The number of rotatable bonds is 7. The topological polar surface area (TPSA) is 58.4 Å². The van der Waals surface area contributed by atoms with Gasteiger partial charge in [-0.15, -0.1) is 0 Å². The second-order valence-electron chi connectivity index (χ2n) is 4.69. The molecule has 0 radical (unpaired) electrons. The van der Waals surface area contributed by atoms with Gasteiger partial charge in [0.2, 0.25) is 5.91 Å². The third kappa shape index (κ3) is 3.47. The van der Waals surface area contributed by atoms with Gasteiger partial charge in [-0.2, -0.15) is 0 Å². The fraction of sp³-hybridized carbons (Fsp3) is 0.909. The maximum atomic E-state index is 11.4. The zero-order chi connectivity index (χ0) is 11.5. The molecule has 1 aliphatic carbocycles. The van der Waals surface area contributed by atoms with E-state index in [1.54, 1.807) is 0 Å². The van der Waals surface area contributed by atoms with Crippen molar-refractivity contribution in [2.45, 2.75) is 44.7 Å². The minimum atomic E-state index is -0.558. The number of amides is 1. The molecule has 1 fully saturated rings. The quantitative estimate of drug-likeness (QED) is 0.640. The fourth-order valence-corrected chi connectivity index (χ4v) is 1.79. The molecule has 1 aliphatic rings. The number of hydrogen-bond donors (Lipinski definition) is 2. The largest absolute Gasteiger partial charge is 0.368 e. The standard InChI is InChI=1S/C11H23N3O/c1-4-13-11(2,10(12)15)7-8-14(3)9-5-6-9/h9,13H,4-8H2,1-3H3,(H2,12,15). The van der Waals surface area contributed by atoms with E-state index < -0.39 is 5.54 Å². The van der Waals surface area contributed by atoms with E-state index in [0.29, 0.717) is 0 Å². The van der Waals surface area contributed by atoms with Gasteiger partial charge in [0.05, 0.1) is 5.54 Å². The highest BCUT2D eigenvalue weighted by Crippen LogP contribution is 2.26. The van der Waals surface area contributed by atoms with Crippen LogP contribution in [0.5, 0.6) is 0 Å². The minimum Gasteiger partial charge on any atom is -0.368 e. The Hall–Kier alpha value is -0.610. The van der Waals surface area contributed by atoms with Crippen LogP contribution in [0.15, 0.2) is 0 Å². The summed E-state index contributed by atoms with van der Waals surface area (Å²) in [5.41, 5.74) is 4.86. The maximum Gasteiger partial charge on any atom is 0.237 e. The molecule has 0 aromatic rings. The Morgan fingerprint density at radius 1 is 1.60 bits per heavy atom. The van der Waals surface area contributed by atoms with Crippen LogP contribution < -0.4 is 11.1 Å². The number of primary amides is 1. The molecule has 1 amide bonds. The van der Waals surface area contributed by atoms with Gasteiger partial charge in [-0.1, -0.05) is 6.92 Å². The van der Waals surface area contributed by atoms with Crippen molar-refractivity contribution in [1.29, 1.82) is 0 Å². The molecule has 0 saturated heterocycles. The van der Waals surface area contributed by atoms with Crippen molar-refractivity contribution < 1.29 is 4.79 Å². The molecule has 1 unspecified atom stereocenters. The minimum absolute atomic E-state index is 0.256. The van der Waals surface area contributed by atoms with Crippen LogP contribution in [0.4, 0.5) is 0 Å². The molecular weight excluding hydrogens is 190 g/mol. The van der Waals surface area contributed by atoms with Gasteiger partial charge in [-0.25, -0.2) is 0 Å². The van der Waals surface area contributed by atoms with Gasteiger partial charge in [0.25, 0.3) is 0 Å². The lowest BCUT2D eigenvalue weighted by Gasteiger charge is -2.29. The first kappa shape index (κ1) is 12.5. The third-order valence-corrected chi connectivity index (χ3v) is 3.25. The molecular formula is C11H23N3O. The number of nitrogens with zero attached hydrogens (tertiary/aromatic N) is 1. The summed E-state index contributed by atoms with van der Waals surface area (Å²) in [7, 11) is 2.12. The lowest BCUT2D eigenvalue weighted by atomic mass is 9.96. The molecule has 1 atom stereocenters. The highest BCUT2D eigenvalue weighted by molar-refractivity contribution is 5.84. The lowest BCUT2D eigenvalue weighted by molar-refractivity contribution is -0.124. The van der Waals surface area contributed by atoms with Gasteiger partial charge < -0.3 is 16.0 Å². The summed E-state index contributed by atoms with van der Waals surface area (Å²) in [6.45, 7) is 5.58. The Labute approximate surface area is 92.2 Å². The average Bonchev–Trinajstić information content (AvgIpc) is 2.97. The zero-order valence-corrected chi connectivity index (χ0v) is 10.0. The second kappa shape index (κ2) is 4.94. The smallest absolute Gasteiger partial charge is 0.237 e. The predicted molar refractivity (Wildman–Crippen MR) is 61.5 cm³/mol. The first-order valence-corrected chi connectivity index (χ1v) is 5.75. The molecule has 88 valence electrons. The Bertz CT molecular complexity index is 228. The Kier molecular flexibility index (Phi) is 4.11. The maximum absolute atomic E-state index is 11.4. The number of nitrogens with one attached hydrogen (secondary N) is 1. The molecule has 15 heavy (non-hydrogen) atoms. The summed E-state index contributed by atoms with van der Waals surface area (Å²) in [6, 6.07) is 0.740. The second-order valence-corrected chi connectivity index (χ2v) is 4.69. The van der Waals surface area contributed by atoms with Gasteiger partial charge >= 0.3 is 0 Å². The average molecular weight is 213 g/mol. The normalized spacial score (nSPS) is 20.3. The summed E-state index contributed by atoms with van der Waals surface area (Å²) in [6.07, 6.45) is 3.37. The van der Waals surface area contributed by atoms with Crippen molar-refractivity contribution in [1.82, 2.24) is 10.2 Å². The van der Waals surface area contributed by atoms with Gasteiger partial charge in [0, 0.05) is 12.6 Å². The van der Waals surface area contributed by atoms with E-state index in [1.807, 2.05) is 13.8 Å². The van der Waals surface area contributed by atoms with Crippen molar-refractivity contribution in [2.24, 2.45) is 5.73 Å². The van der Waals surface area contributed by atoms with E-state index in [-0.39, 0.29) is 5.91 Å². The van der Waals surface area contributed by atoms with Crippen LogP contribution in [0.1, 0.15) is 33.1 Å². The van der Waals surface area contributed by atoms with Gasteiger partial charge in [-0.05, 0) is 39.8 Å². The van der Waals surface area contributed by atoms with Crippen molar-refractivity contribution in [3.05, 3.63) is 0 Å². The summed E-state index contributed by atoms with van der Waals surface area (Å²) in [4.78, 5) is 13.7. The van der Waals surface area contributed by atoms with E-state index in [1.165, 1.54) is 12.8 Å². The van der Waals surface area contributed by atoms with E-state index in [9.17, 15) is 4.79 Å². The molecule has 0 aromatic carbocycles. The molecule has 0 spiro atoms. The van der Waals surface area contributed by atoms with Crippen molar-refractivity contribution in [3.63, 3.8) is 0 Å². The molecule has 0 aliphatic heterocycles. The monoisotopic (exact) mass is 213 g/mol. The van der Waals surface area contributed by atoms with Crippen molar-refractivity contribution in [3.8, 4) is 0 Å². The molecule has 0 heterocycles. The molecule has 1 rings (SSSR count). The molecule has 4 nitrogen and oxygen atoms in total. The number of carbonyl (C=O) groups is 1. The molecule has 3 N–H and O–H groups in total. The highest BCUT2D eigenvalue weighted by Gasteiger charge is 2.32. The summed E-state index contributed by atoms with van der Waals surface area (Å²) in [5, 5.41) is 3.17. The van der Waals surface area contributed by atoms with E-state index in [2.05, 4.69) is 17.3 Å².